The Kier molecular flexibility index (Phi) is 4.79. The van der Waals surface area contributed by atoms with Crippen LogP contribution in [-0.4, -0.2) is 23.7 Å². The molecule has 0 fully saturated rings. The van der Waals surface area contributed by atoms with Crippen LogP contribution in [0.15, 0.2) is 24.3 Å². The third-order valence-electron chi connectivity index (χ3n) is 1.88. The molecule has 0 aliphatic carbocycles. The van der Waals surface area contributed by atoms with Crippen LogP contribution in [-0.2, 0) is 11.3 Å². The Morgan fingerprint density at radius 3 is 2.88 bits per heavy atom. The SMILES string of the molecule is CC(C)Oc1cccc(CNCC(=O)O)c1. The summed E-state index contributed by atoms with van der Waals surface area (Å²) >= 11 is 0. The van der Waals surface area contributed by atoms with Crippen molar-refractivity contribution in [3.8, 4) is 5.75 Å². The Balaban J connectivity index is 2.50. The molecule has 0 aromatic heterocycles. The van der Waals surface area contributed by atoms with Gasteiger partial charge in [-0.25, -0.2) is 0 Å². The van der Waals surface area contributed by atoms with E-state index in [1.807, 2.05) is 38.1 Å². The number of ether oxygens (including phenoxy) is 1. The van der Waals surface area contributed by atoms with Crippen molar-refractivity contribution in [1.29, 1.82) is 0 Å². The molecule has 0 aliphatic heterocycles. The fourth-order valence-corrected chi connectivity index (χ4v) is 1.31. The van der Waals surface area contributed by atoms with Gasteiger partial charge in [0.25, 0.3) is 0 Å². The summed E-state index contributed by atoms with van der Waals surface area (Å²) in [6.45, 7) is 4.43. The van der Waals surface area contributed by atoms with Crippen molar-refractivity contribution < 1.29 is 14.6 Å². The van der Waals surface area contributed by atoms with E-state index in [2.05, 4.69) is 5.32 Å². The van der Waals surface area contributed by atoms with Crippen molar-refractivity contribution in [2.75, 3.05) is 6.54 Å². The number of carboxylic acids is 1. The van der Waals surface area contributed by atoms with Crippen LogP contribution in [0.1, 0.15) is 19.4 Å². The van der Waals surface area contributed by atoms with Crippen LogP contribution in [0, 0.1) is 0 Å². The monoisotopic (exact) mass is 223 g/mol. The van der Waals surface area contributed by atoms with Gasteiger partial charge in [0.1, 0.15) is 5.75 Å². The lowest BCUT2D eigenvalue weighted by Gasteiger charge is -2.10. The van der Waals surface area contributed by atoms with Crippen LogP contribution < -0.4 is 10.1 Å². The van der Waals surface area contributed by atoms with E-state index >= 15 is 0 Å². The quantitative estimate of drug-likeness (QED) is 0.769. The second-order valence-electron chi connectivity index (χ2n) is 3.81. The molecule has 0 saturated heterocycles. The summed E-state index contributed by atoms with van der Waals surface area (Å²) in [4.78, 5) is 10.3. The highest BCUT2D eigenvalue weighted by molar-refractivity contribution is 5.68. The van der Waals surface area contributed by atoms with E-state index in [-0.39, 0.29) is 12.6 Å². The van der Waals surface area contributed by atoms with Gasteiger partial charge in [-0.1, -0.05) is 12.1 Å². The first-order chi connectivity index (χ1) is 7.58. The lowest BCUT2D eigenvalue weighted by atomic mass is 10.2. The Labute approximate surface area is 95.2 Å². The van der Waals surface area contributed by atoms with Crippen LogP contribution in [0.4, 0.5) is 0 Å². The normalized spacial score (nSPS) is 10.4. The van der Waals surface area contributed by atoms with Crippen molar-refractivity contribution in [1.82, 2.24) is 5.32 Å². The van der Waals surface area contributed by atoms with Crippen LogP contribution in [0.2, 0.25) is 0 Å². The van der Waals surface area contributed by atoms with Gasteiger partial charge in [-0.05, 0) is 31.5 Å². The highest BCUT2D eigenvalue weighted by Crippen LogP contribution is 2.14. The summed E-state index contributed by atoms with van der Waals surface area (Å²) in [5.41, 5.74) is 1.01. The van der Waals surface area contributed by atoms with Crippen molar-refractivity contribution in [2.45, 2.75) is 26.5 Å². The molecule has 4 nitrogen and oxygen atoms in total. The molecule has 88 valence electrons. The molecule has 1 aromatic carbocycles. The number of hydrogen-bond acceptors (Lipinski definition) is 3. The van der Waals surface area contributed by atoms with Gasteiger partial charge in [0.05, 0.1) is 12.6 Å². The molecule has 0 radical (unpaired) electrons. The molecule has 0 amide bonds. The largest absolute Gasteiger partial charge is 0.491 e. The third kappa shape index (κ3) is 4.79. The number of hydrogen-bond donors (Lipinski definition) is 2. The van der Waals surface area contributed by atoms with Crippen molar-refractivity contribution >= 4 is 5.97 Å². The average molecular weight is 223 g/mol. The van der Waals surface area contributed by atoms with E-state index in [0.29, 0.717) is 6.54 Å². The van der Waals surface area contributed by atoms with E-state index in [0.717, 1.165) is 11.3 Å². The van der Waals surface area contributed by atoms with Crippen LogP contribution in [0.3, 0.4) is 0 Å². The number of benzene rings is 1. The van der Waals surface area contributed by atoms with Crippen molar-refractivity contribution in [3.05, 3.63) is 29.8 Å². The predicted molar refractivity (Wildman–Crippen MR) is 61.5 cm³/mol. The number of nitrogens with one attached hydrogen (secondary N) is 1. The van der Waals surface area contributed by atoms with Gasteiger partial charge in [0.2, 0.25) is 0 Å². The summed E-state index contributed by atoms with van der Waals surface area (Å²) in [7, 11) is 0. The molecule has 0 spiro atoms. The predicted octanol–water partition coefficient (Wildman–Crippen LogP) is 1.65. The first-order valence-electron chi connectivity index (χ1n) is 5.26. The van der Waals surface area contributed by atoms with Gasteiger partial charge in [0.15, 0.2) is 0 Å². The summed E-state index contributed by atoms with van der Waals surface area (Å²) in [5, 5.41) is 11.3. The van der Waals surface area contributed by atoms with Gasteiger partial charge >= 0.3 is 5.97 Å². The molecule has 0 unspecified atom stereocenters. The summed E-state index contributed by atoms with van der Waals surface area (Å²) in [5.74, 6) is -0.0424. The Morgan fingerprint density at radius 2 is 2.25 bits per heavy atom. The number of aliphatic carboxylic acids is 1. The highest BCUT2D eigenvalue weighted by Gasteiger charge is 2.00. The first kappa shape index (κ1) is 12.5. The second-order valence-corrected chi connectivity index (χ2v) is 3.81. The molecule has 0 saturated carbocycles. The number of carboxylic acid groups (broad SMARTS) is 1. The summed E-state index contributed by atoms with van der Waals surface area (Å²) in [6.07, 6.45) is 0.141. The molecule has 0 heterocycles. The molecule has 1 rings (SSSR count). The molecule has 0 atom stereocenters. The Morgan fingerprint density at radius 1 is 1.50 bits per heavy atom. The minimum absolute atomic E-state index is 0.0325. The summed E-state index contributed by atoms with van der Waals surface area (Å²) in [6, 6.07) is 7.63. The van der Waals surface area contributed by atoms with Crippen molar-refractivity contribution in [2.24, 2.45) is 0 Å². The van der Waals surface area contributed by atoms with E-state index in [1.165, 1.54) is 0 Å². The van der Waals surface area contributed by atoms with E-state index in [9.17, 15) is 4.79 Å². The zero-order valence-corrected chi connectivity index (χ0v) is 9.56. The molecule has 4 heteroatoms. The van der Waals surface area contributed by atoms with Crippen LogP contribution in [0.5, 0.6) is 5.75 Å². The highest BCUT2D eigenvalue weighted by atomic mass is 16.5. The maximum absolute atomic E-state index is 10.3. The fourth-order valence-electron chi connectivity index (χ4n) is 1.31. The second kappa shape index (κ2) is 6.12. The standard InChI is InChI=1S/C12H17NO3/c1-9(2)16-11-5-3-4-10(6-11)7-13-8-12(14)15/h3-6,9,13H,7-8H2,1-2H3,(H,14,15). The van der Waals surface area contributed by atoms with E-state index < -0.39 is 5.97 Å². The maximum atomic E-state index is 10.3. The Bertz CT molecular complexity index is 350. The average Bonchev–Trinajstić information content (AvgIpc) is 2.16. The van der Waals surface area contributed by atoms with Gasteiger partial charge < -0.3 is 15.2 Å². The topological polar surface area (TPSA) is 58.6 Å². The first-order valence-corrected chi connectivity index (χ1v) is 5.26. The molecular formula is C12H17NO3. The van der Waals surface area contributed by atoms with Gasteiger partial charge in [-0.15, -0.1) is 0 Å². The van der Waals surface area contributed by atoms with Crippen molar-refractivity contribution in [3.63, 3.8) is 0 Å². The zero-order chi connectivity index (χ0) is 12.0. The maximum Gasteiger partial charge on any atom is 0.317 e. The smallest absolute Gasteiger partial charge is 0.317 e. The summed E-state index contributed by atoms with van der Waals surface area (Å²) < 4.78 is 5.54. The molecule has 2 N–H and O–H groups in total. The molecule has 16 heavy (non-hydrogen) atoms. The lowest BCUT2D eigenvalue weighted by molar-refractivity contribution is -0.135. The van der Waals surface area contributed by atoms with E-state index in [4.69, 9.17) is 9.84 Å². The fraction of sp³-hybridized carbons (Fsp3) is 0.417. The minimum atomic E-state index is -0.852. The number of rotatable bonds is 6. The molecule has 0 bridgehead atoms. The van der Waals surface area contributed by atoms with Crippen LogP contribution in [0.25, 0.3) is 0 Å². The lowest BCUT2D eigenvalue weighted by Crippen LogP contribution is -2.21. The molecule has 1 aromatic rings. The van der Waals surface area contributed by atoms with Gasteiger partial charge in [0, 0.05) is 6.54 Å². The zero-order valence-electron chi connectivity index (χ0n) is 9.56. The number of carbonyl (C=O) groups is 1. The van der Waals surface area contributed by atoms with Gasteiger partial charge in [-0.3, -0.25) is 4.79 Å². The van der Waals surface area contributed by atoms with Gasteiger partial charge in [-0.2, -0.15) is 0 Å². The van der Waals surface area contributed by atoms with Crippen LogP contribution >= 0.6 is 0 Å². The Hall–Kier alpha value is -1.55. The van der Waals surface area contributed by atoms with E-state index in [1.54, 1.807) is 0 Å². The molecular weight excluding hydrogens is 206 g/mol. The molecule has 0 aliphatic rings. The third-order valence-corrected chi connectivity index (χ3v) is 1.88. The minimum Gasteiger partial charge on any atom is -0.491 e.